The van der Waals surface area contributed by atoms with Crippen LogP contribution in [0.4, 0.5) is 87.8 Å². The standard InChI is InChI=1S/C28H29O2S3.C24BF20/c1-20(2)29-22-10-14-25(15-11-22)33(26-16-12-23(13-17-26)30-21(3)4)28-19-18-27(32-28)31-24-8-6-5-7-9-24;26-5-1(6(27)14(35)21(42)13(5)34)25(2-7(28)15(36)22(43)16(37)8(2)29,3-9(30)17(38)23(44)18(39)10(3)31)4-11(32)19(40)24(45)20(41)12(4)33/h5-21H,1-4H3;/q+1;-1. The molecule has 26 heteroatoms. The molecule has 0 aliphatic carbocycles. The second kappa shape index (κ2) is 23.3. The highest BCUT2D eigenvalue weighted by Gasteiger charge is 2.52. The Labute approximate surface area is 439 Å². The van der Waals surface area contributed by atoms with Crippen molar-refractivity contribution >= 4 is 62.0 Å². The largest absolute Gasteiger partial charge is 0.491 e. The van der Waals surface area contributed by atoms with E-state index in [1.807, 2.05) is 23.1 Å². The van der Waals surface area contributed by atoms with E-state index in [1.54, 1.807) is 0 Å². The van der Waals surface area contributed by atoms with Crippen molar-refractivity contribution in [1.29, 1.82) is 0 Å². The highest BCUT2D eigenvalue weighted by atomic mass is 32.2. The maximum absolute atomic E-state index is 15.4. The Balaban J connectivity index is 0.000000237. The van der Waals surface area contributed by atoms with Crippen LogP contribution in [-0.4, -0.2) is 18.4 Å². The molecule has 0 atom stereocenters. The van der Waals surface area contributed by atoms with E-state index in [0.29, 0.717) is 0 Å². The monoisotopic (exact) mass is 1170 g/mol. The van der Waals surface area contributed by atoms with Crippen molar-refractivity contribution < 1.29 is 97.3 Å². The normalized spacial score (nSPS) is 11.7. The van der Waals surface area contributed by atoms with Gasteiger partial charge in [-0.15, -0.1) is 21.9 Å². The summed E-state index contributed by atoms with van der Waals surface area (Å²) >= 11 is 3.69. The number of hydrogen-bond donors (Lipinski definition) is 0. The number of hydrogen-bond acceptors (Lipinski definition) is 4. The zero-order valence-electron chi connectivity index (χ0n) is 39.5. The van der Waals surface area contributed by atoms with Gasteiger partial charge >= 0.3 is 0 Å². The molecule has 0 fully saturated rings. The van der Waals surface area contributed by atoms with Gasteiger partial charge in [-0.1, -0.05) is 41.3 Å². The zero-order valence-corrected chi connectivity index (χ0v) is 41.9. The highest BCUT2D eigenvalue weighted by molar-refractivity contribution is 8.02. The molecule has 0 aliphatic heterocycles. The number of benzene rings is 7. The molecule has 8 aromatic rings. The Morgan fingerprint density at radius 1 is 0.346 bits per heavy atom. The predicted octanol–water partition coefficient (Wildman–Crippen LogP) is 14.4. The first kappa shape index (κ1) is 58.9. The molecule has 1 heterocycles. The van der Waals surface area contributed by atoms with Crippen molar-refractivity contribution in [3.05, 3.63) is 207 Å². The van der Waals surface area contributed by atoms with E-state index in [-0.39, 0.29) is 23.1 Å². The van der Waals surface area contributed by atoms with E-state index < -0.39 is 144 Å². The molecule has 0 radical (unpaired) electrons. The molecule has 0 saturated heterocycles. The van der Waals surface area contributed by atoms with Crippen molar-refractivity contribution in [3.63, 3.8) is 0 Å². The fraction of sp³-hybridized carbons (Fsp3) is 0.115. The number of rotatable bonds is 13. The second-order valence-electron chi connectivity index (χ2n) is 16.9. The third-order valence-electron chi connectivity index (χ3n) is 11.3. The molecule has 0 aliphatic rings. The summed E-state index contributed by atoms with van der Waals surface area (Å²) in [7, 11) is -0.200. The number of thiophene rings is 1. The van der Waals surface area contributed by atoms with Crippen LogP contribution in [0, 0.1) is 116 Å². The lowest BCUT2D eigenvalue weighted by Gasteiger charge is -2.44. The summed E-state index contributed by atoms with van der Waals surface area (Å²) in [5.74, 6) is -69.6. The third kappa shape index (κ3) is 10.6. The van der Waals surface area contributed by atoms with Gasteiger partial charge in [0.1, 0.15) is 75.1 Å². The first-order valence-electron chi connectivity index (χ1n) is 22.0. The molecule has 0 spiro atoms. The summed E-state index contributed by atoms with van der Waals surface area (Å²) in [6.07, 6.45) is -6.89. The first-order valence-corrected chi connectivity index (χ1v) is 24.9. The zero-order chi connectivity index (χ0) is 57.6. The summed E-state index contributed by atoms with van der Waals surface area (Å²) < 4.78 is 308. The minimum Gasteiger partial charge on any atom is -0.491 e. The summed E-state index contributed by atoms with van der Waals surface area (Å²) in [5.41, 5.74) is -14.3. The Morgan fingerprint density at radius 2 is 0.615 bits per heavy atom. The molecular weight excluding hydrogens is 1140 g/mol. The summed E-state index contributed by atoms with van der Waals surface area (Å²) in [5, 5.41) is 0. The summed E-state index contributed by atoms with van der Waals surface area (Å²) in [6.45, 7) is 8.21. The molecule has 78 heavy (non-hydrogen) atoms. The average Bonchev–Trinajstić information content (AvgIpc) is 3.95. The van der Waals surface area contributed by atoms with E-state index in [9.17, 15) is 52.7 Å². The number of halogens is 20. The minimum absolute atomic E-state index is 0.164. The van der Waals surface area contributed by atoms with Gasteiger partial charge in [-0.2, -0.15) is 0 Å². The first-order chi connectivity index (χ1) is 36.7. The van der Waals surface area contributed by atoms with Crippen molar-refractivity contribution in [3.8, 4) is 11.5 Å². The molecule has 8 rings (SSSR count). The van der Waals surface area contributed by atoms with Crippen molar-refractivity contribution in [2.24, 2.45) is 0 Å². The molecular formula is C52H29BF20O2S3. The van der Waals surface area contributed by atoms with E-state index in [1.165, 1.54) is 23.1 Å². The summed E-state index contributed by atoms with van der Waals surface area (Å²) in [6, 6.07) is 32.2. The fourth-order valence-corrected chi connectivity index (χ4v) is 13.1. The Bertz CT molecular complexity index is 3130. The Kier molecular flexibility index (Phi) is 17.6. The lowest BCUT2D eigenvalue weighted by atomic mass is 9.12. The smallest absolute Gasteiger partial charge is 0.221 e. The molecule has 0 amide bonds. The SMILES string of the molecule is CC(C)Oc1ccc([S+](c2ccc(OC(C)C)cc2)c2ccc(Sc3ccccc3)s2)cc1.Fc1c(F)c(F)c([B-](c2c(F)c(F)c(F)c(F)c2F)(c2c(F)c(F)c(F)c(F)c2F)c2c(F)c(F)c(F)c(F)c2F)c(F)c1F. The van der Waals surface area contributed by atoms with Crippen LogP contribution in [0.2, 0.25) is 0 Å². The van der Waals surface area contributed by atoms with Gasteiger partial charge in [0.2, 0.25) is 4.21 Å². The van der Waals surface area contributed by atoms with Crippen LogP contribution in [0.1, 0.15) is 27.7 Å². The van der Waals surface area contributed by atoms with Crippen LogP contribution in [0.3, 0.4) is 0 Å². The van der Waals surface area contributed by atoms with Gasteiger partial charge in [-0.05, 0) is 94.4 Å². The van der Waals surface area contributed by atoms with Crippen LogP contribution in [0.5, 0.6) is 11.5 Å². The van der Waals surface area contributed by atoms with Gasteiger partial charge in [0.15, 0.2) is 79.6 Å². The molecule has 0 N–H and O–H groups in total. The van der Waals surface area contributed by atoms with Gasteiger partial charge < -0.3 is 9.47 Å². The molecule has 2 nitrogen and oxygen atoms in total. The van der Waals surface area contributed by atoms with Crippen molar-refractivity contribution in [2.45, 2.75) is 63.0 Å². The van der Waals surface area contributed by atoms with Gasteiger partial charge in [-0.3, -0.25) is 0 Å². The van der Waals surface area contributed by atoms with E-state index >= 15 is 35.1 Å². The molecule has 1 aromatic heterocycles. The molecule has 0 unspecified atom stereocenters. The Hall–Kier alpha value is -6.80. The topological polar surface area (TPSA) is 18.5 Å². The quantitative estimate of drug-likeness (QED) is 0.0377. The van der Waals surface area contributed by atoms with Crippen LogP contribution in [-0.2, 0) is 10.9 Å². The van der Waals surface area contributed by atoms with Crippen LogP contribution in [0.25, 0.3) is 0 Å². The molecule has 410 valence electrons. The second-order valence-corrected chi connectivity index (χ2v) is 21.6. The van der Waals surface area contributed by atoms with Gasteiger partial charge in [0.25, 0.3) is 0 Å². The number of ether oxygens (including phenoxy) is 2. The Morgan fingerprint density at radius 3 is 0.885 bits per heavy atom. The van der Waals surface area contributed by atoms with Gasteiger partial charge in [-0.25, -0.2) is 87.8 Å². The van der Waals surface area contributed by atoms with Gasteiger partial charge in [0, 0.05) is 11.0 Å². The molecule has 7 aromatic carbocycles. The maximum atomic E-state index is 15.4. The maximum Gasteiger partial charge on any atom is 0.221 e. The van der Waals surface area contributed by atoms with E-state index in [4.69, 9.17) is 9.47 Å². The molecule has 0 bridgehead atoms. The van der Waals surface area contributed by atoms with E-state index in [2.05, 4.69) is 119 Å². The highest BCUT2D eigenvalue weighted by Crippen LogP contribution is 2.41. The lowest BCUT2D eigenvalue weighted by Crippen LogP contribution is -2.81. The van der Waals surface area contributed by atoms with Crippen molar-refractivity contribution in [2.75, 3.05) is 0 Å². The van der Waals surface area contributed by atoms with Crippen LogP contribution in [0.15, 0.2) is 114 Å². The predicted molar refractivity (Wildman–Crippen MR) is 251 cm³/mol. The van der Waals surface area contributed by atoms with E-state index in [0.717, 1.165) is 11.5 Å². The minimum atomic E-state index is -7.22. The third-order valence-corrected chi connectivity index (χ3v) is 16.1. The van der Waals surface area contributed by atoms with Gasteiger partial charge in [0.05, 0.1) is 16.4 Å². The van der Waals surface area contributed by atoms with Crippen LogP contribution >= 0.6 is 23.1 Å². The fourth-order valence-electron chi connectivity index (χ4n) is 8.17. The van der Waals surface area contributed by atoms with Crippen molar-refractivity contribution in [1.82, 2.24) is 0 Å². The lowest BCUT2D eigenvalue weighted by molar-refractivity contribution is 0.242. The summed E-state index contributed by atoms with van der Waals surface area (Å²) in [4.78, 5) is 3.82. The molecule has 0 saturated carbocycles. The van der Waals surface area contributed by atoms with Crippen LogP contribution < -0.4 is 31.3 Å². The average molecular weight is 1170 g/mol.